The predicted molar refractivity (Wildman–Crippen MR) is 43.0 cm³/mol. The van der Waals surface area contributed by atoms with Gasteiger partial charge in [-0.05, 0) is 11.0 Å². The lowest BCUT2D eigenvalue weighted by Gasteiger charge is -2.17. The summed E-state index contributed by atoms with van der Waals surface area (Å²) in [6.45, 7) is 10.2. The Kier molecular flexibility index (Phi) is 2.63. The molecule has 0 radical (unpaired) electrons. The molecule has 0 aromatic carbocycles. The second-order valence-corrected chi connectivity index (χ2v) is 3.16. The van der Waals surface area contributed by atoms with Crippen LogP contribution in [0.4, 0.5) is 0 Å². The molecule has 52 valence electrons. The molecule has 0 aromatic rings. The van der Waals surface area contributed by atoms with Gasteiger partial charge in [-0.3, -0.25) is 4.99 Å². The highest BCUT2D eigenvalue weighted by molar-refractivity contribution is 5.78. The van der Waals surface area contributed by atoms with Crippen molar-refractivity contribution >= 4 is 6.21 Å². The quantitative estimate of drug-likeness (QED) is 0.477. The van der Waals surface area contributed by atoms with Gasteiger partial charge in [0, 0.05) is 13.3 Å². The molecule has 0 saturated heterocycles. The lowest BCUT2D eigenvalue weighted by atomic mass is 9.88. The Balaban J connectivity index is 4.06. The van der Waals surface area contributed by atoms with Crippen LogP contribution >= 0.6 is 0 Å². The van der Waals surface area contributed by atoms with Gasteiger partial charge in [0.1, 0.15) is 0 Å². The van der Waals surface area contributed by atoms with Crippen molar-refractivity contribution in [1.82, 2.24) is 0 Å². The second kappa shape index (κ2) is 2.81. The zero-order chi connectivity index (χ0) is 7.49. The van der Waals surface area contributed by atoms with Gasteiger partial charge in [0.2, 0.25) is 0 Å². The Labute approximate surface area is 57.5 Å². The molecule has 0 bridgehead atoms. The van der Waals surface area contributed by atoms with E-state index in [0.717, 1.165) is 5.57 Å². The summed E-state index contributed by atoms with van der Waals surface area (Å²) in [4.78, 5) is 3.88. The summed E-state index contributed by atoms with van der Waals surface area (Å²) in [7, 11) is 1.76. The van der Waals surface area contributed by atoms with Crippen LogP contribution < -0.4 is 0 Å². The molecule has 1 nitrogen and oxygen atoms in total. The van der Waals surface area contributed by atoms with Crippen molar-refractivity contribution < 1.29 is 0 Å². The highest BCUT2D eigenvalue weighted by Gasteiger charge is 2.11. The van der Waals surface area contributed by atoms with Gasteiger partial charge in [-0.15, -0.1) is 0 Å². The van der Waals surface area contributed by atoms with Gasteiger partial charge in [-0.2, -0.15) is 0 Å². The van der Waals surface area contributed by atoms with Gasteiger partial charge in [0.25, 0.3) is 0 Å². The average Bonchev–Trinajstić information content (AvgIpc) is 1.64. The van der Waals surface area contributed by atoms with Crippen LogP contribution in [0.5, 0.6) is 0 Å². The molecule has 0 rings (SSSR count). The van der Waals surface area contributed by atoms with Crippen molar-refractivity contribution in [2.45, 2.75) is 20.8 Å². The molecule has 0 heterocycles. The lowest BCUT2D eigenvalue weighted by molar-refractivity contribution is 0.528. The monoisotopic (exact) mass is 125 g/mol. The van der Waals surface area contributed by atoms with Crippen LogP contribution in [0.15, 0.2) is 17.1 Å². The molecule has 0 N–H and O–H groups in total. The maximum atomic E-state index is 3.88. The first-order chi connectivity index (χ1) is 3.98. The molecule has 0 aliphatic heterocycles. The van der Waals surface area contributed by atoms with Crippen LogP contribution in [-0.4, -0.2) is 13.3 Å². The third-order valence-electron chi connectivity index (χ3n) is 1.25. The minimum Gasteiger partial charge on any atom is -0.296 e. The SMILES string of the molecule is C=C(C=NC)C(C)(C)C. The predicted octanol–water partition coefficient (Wildman–Crippen LogP) is 2.29. The largest absolute Gasteiger partial charge is 0.296 e. The van der Waals surface area contributed by atoms with Gasteiger partial charge in [0.15, 0.2) is 0 Å². The number of hydrogen-bond donors (Lipinski definition) is 0. The van der Waals surface area contributed by atoms with Crippen LogP contribution in [0.2, 0.25) is 0 Å². The molecule has 0 spiro atoms. The van der Waals surface area contributed by atoms with Gasteiger partial charge in [-0.1, -0.05) is 27.4 Å². The Morgan fingerprint density at radius 2 is 1.89 bits per heavy atom. The number of allylic oxidation sites excluding steroid dienone is 1. The first kappa shape index (κ1) is 8.41. The molecule has 0 atom stereocenters. The fourth-order valence-corrected chi connectivity index (χ4v) is 0.349. The Bertz CT molecular complexity index is 126. The van der Waals surface area contributed by atoms with Crippen LogP contribution in [0.1, 0.15) is 20.8 Å². The summed E-state index contributed by atoms with van der Waals surface area (Å²) in [6.07, 6.45) is 1.81. The summed E-state index contributed by atoms with van der Waals surface area (Å²) >= 11 is 0. The maximum Gasteiger partial charge on any atom is 0.0277 e. The standard InChI is InChI=1S/C8H15N/c1-7(6-9-5)8(2,3)4/h6H,1H2,2-5H3. The number of aliphatic imine (C=N–C) groups is 1. The van der Waals surface area contributed by atoms with Crippen molar-refractivity contribution in [3.8, 4) is 0 Å². The molecular formula is C8H15N. The molecule has 1 heteroatoms. The van der Waals surface area contributed by atoms with Gasteiger partial charge >= 0.3 is 0 Å². The number of nitrogens with zero attached hydrogens (tertiary/aromatic N) is 1. The van der Waals surface area contributed by atoms with E-state index < -0.39 is 0 Å². The minimum atomic E-state index is 0.166. The van der Waals surface area contributed by atoms with Crippen molar-refractivity contribution in [2.75, 3.05) is 7.05 Å². The fourth-order valence-electron chi connectivity index (χ4n) is 0.349. The third kappa shape index (κ3) is 3.07. The molecule has 0 aliphatic rings. The van der Waals surface area contributed by atoms with Crippen LogP contribution in [0.3, 0.4) is 0 Å². The molecule has 0 amide bonds. The van der Waals surface area contributed by atoms with Crippen LogP contribution in [-0.2, 0) is 0 Å². The molecule has 0 unspecified atom stereocenters. The maximum absolute atomic E-state index is 3.88. The van der Waals surface area contributed by atoms with Crippen molar-refractivity contribution in [3.63, 3.8) is 0 Å². The van der Waals surface area contributed by atoms with E-state index in [1.54, 1.807) is 13.3 Å². The van der Waals surface area contributed by atoms with Gasteiger partial charge < -0.3 is 0 Å². The Morgan fingerprint density at radius 1 is 1.44 bits per heavy atom. The van der Waals surface area contributed by atoms with E-state index in [4.69, 9.17) is 0 Å². The van der Waals surface area contributed by atoms with E-state index in [0.29, 0.717) is 0 Å². The van der Waals surface area contributed by atoms with E-state index in [2.05, 4.69) is 32.3 Å². The van der Waals surface area contributed by atoms with E-state index in [1.165, 1.54) is 0 Å². The zero-order valence-corrected chi connectivity index (χ0v) is 6.73. The Hall–Kier alpha value is -0.590. The molecule has 0 aliphatic carbocycles. The summed E-state index contributed by atoms with van der Waals surface area (Å²) in [6, 6.07) is 0. The van der Waals surface area contributed by atoms with Gasteiger partial charge in [0.05, 0.1) is 0 Å². The number of hydrogen-bond acceptors (Lipinski definition) is 1. The van der Waals surface area contributed by atoms with Crippen molar-refractivity contribution in [3.05, 3.63) is 12.2 Å². The normalized spacial score (nSPS) is 12.4. The van der Waals surface area contributed by atoms with E-state index in [1.807, 2.05) is 0 Å². The van der Waals surface area contributed by atoms with Gasteiger partial charge in [-0.25, -0.2) is 0 Å². The summed E-state index contributed by atoms with van der Waals surface area (Å²) < 4.78 is 0. The van der Waals surface area contributed by atoms with Crippen molar-refractivity contribution in [1.29, 1.82) is 0 Å². The average molecular weight is 125 g/mol. The summed E-state index contributed by atoms with van der Waals surface area (Å²) in [5.74, 6) is 0. The molecule has 0 aromatic heterocycles. The second-order valence-electron chi connectivity index (χ2n) is 3.16. The summed E-state index contributed by atoms with van der Waals surface area (Å²) in [5.41, 5.74) is 1.24. The Morgan fingerprint density at radius 3 is 2.00 bits per heavy atom. The lowest BCUT2D eigenvalue weighted by Crippen LogP contribution is -2.08. The topological polar surface area (TPSA) is 12.4 Å². The molecule has 0 fully saturated rings. The minimum absolute atomic E-state index is 0.166. The summed E-state index contributed by atoms with van der Waals surface area (Å²) in [5, 5.41) is 0. The molecular weight excluding hydrogens is 110 g/mol. The first-order valence-electron chi connectivity index (χ1n) is 3.10. The zero-order valence-electron chi connectivity index (χ0n) is 6.73. The van der Waals surface area contributed by atoms with Crippen LogP contribution in [0, 0.1) is 5.41 Å². The van der Waals surface area contributed by atoms with E-state index in [9.17, 15) is 0 Å². The highest BCUT2D eigenvalue weighted by atomic mass is 14.6. The smallest absolute Gasteiger partial charge is 0.0277 e. The van der Waals surface area contributed by atoms with Crippen LogP contribution in [0.25, 0.3) is 0 Å². The highest BCUT2D eigenvalue weighted by Crippen LogP contribution is 2.21. The van der Waals surface area contributed by atoms with Crippen molar-refractivity contribution in [2.24, 2.45) is 10.4 Å². The first-order valence-corrected chi connectivity index (χ1v) is 3.10. The molecule has 0 saturated carbocycles. The van der Waals surface area contributed by atoms with E-state index >= 15 is 0 Å². The number of rotatable bonds is 1. The third-order valence-corrected chi connectivity index (χ3v) is 1.25. The molecule has 9 heavy (non-hydrogen) atoms. The van der Waals surface area contributed by atoms with E-state index in [-0.39, 0.29) is 5.41 Å². The fraction of sp³-hybridized carbons (Fsp3) is 0.625.